The van der Waals surface area contributed by atoms with Crippen molar-refractivity contribution in [2.24, 2.45) is 10.1 Å². The number of non-ortho nitro benzene ring substituents is 1. The lowest BCUT2D eigenvalue weighted by molar-refractivity contribution is -0.384. The molecule has 3 amide bonds. The summed E-state index contributed by atoms with van der Waals surface area (Å²) in [5, 5.41) is 28.7. The van der Waals surface area contributed by atoms with E-state index in [0.717, 1.165) is 0 Å². The highest BCUT2D eigenvalue weighted by Crippen LogP contribution is 2.28. The lowest BCUT2D eigenvalue weighted by Gasteiger charge is -2.36. The van der Waals surface area contributed by atoms with E-state index in [1.165, 1.54) is 47.3 Å². The van der Waals surface area contributed by atoms with E-state index < -0.39 is 35.2 Å². The molecule has 15 heteroatoms. The van der Waals surface area contributed by atoms with Crippen molar-refractivity contribution < 1.29 is 24.4 Å². The van der Waals surface area contributed by atoms with Crippen molar-refractivity contribution in [2.75, 3.05) is 20.2 Å². The summed E-state index contributed by atoms with van der Waals surface area (Å²) in [6.45, 7) is -0.282. The molecule has 2 aromatic carbocycles. The molecule has 13 nitrogen and oxygen atoms in total. The van der Waals surface area contributed by atoms with Gasteiger partial charge < -0.3 is 19.6 Å². The number of likely N-dealkylation sites (N-methyl/N-ethyl adjacent to an activating group) is 1. The van der Waals surface area contributed by atoms with E-state index in [4.69, 9.17) is 27.9 Å². The molecule has 3 atom stereocenters. The van der Waals surface area contributed by atoms with Gasteiger partial charge in [-0.3, -0.25) is 20.2 Å². The van der Waals surface area contributed by atoms with Crippen LogP contribution in [0.2, 0.25) is 10.0 Å². The number of nitro benzene ring substituents is 1. The Morgan fingerprint density at radius 1 is 1.32 bits per heavy atom. The molecule has 0 bridgehead atoms. The second-order valence-corrected chi connectivity index (χ2v) is 8.97. The molecule has 4 rings (SSSR count). The number of aliphatic imine (C=N–C) groups is 1. The molecule has 2 aliphatic rings. The first kappa shape index (κ1) is 26.1. The summed E-state index contributed by atoms with van der Waals surface area (Å²) >= 11 is 12.0. The highest BCUT2D eigenvalue weighted by atomic mass is 35.5. The number of β-amino-alcohol motifs (C(OH)–C–C–N with tert-alkyl or cyclic N) is 1. The highest BCUT2D eigenvalue weighted by Gasteiger charge is 2.49. The number of urea groups is 1. The van der Waals surface area contributed by atoms with Gasteiger partial charge in [0.2, 0.25) is 5.96 Å². The van der Waals surface area contributed by atoms with Crippen LogP contribution in [0, 0.1) is 10.1 Å². The molecule has 3 N–H and O–H groups in total. The molecular formula is C22H21Cl2N7O6. The highest BCUT2D eigenvalue weighted by molar-refractivity contribution is 6.35. The number of benzene rings is 2. The van der Waals surface area contributed by atoms with Crippen LogP contribution in [0.4, 0.5) is 10.5 Å². The number of aliphatic hydroxyl groups is 1. The molecule has 1 saturated heterocycles. The normalized spacial score (nSPS) is 19.9. The number of imide groups is 1. The summed E-state index contributed by atoms with van der Waals surface area (Å²) in [6.07, 6.45) is -0.628. The Morgan fingerprint density at radius 3 is 2.84 bits per heavy atom. The lowest BCUT2D eigenvalue weighted by Crippen LogP contribution is -2.64. The van der Waals surface area contributed by atoms with Gasteiger partial charge in [0.05, 0.1) is 22.7 Å². The second-order valence-electron chi connectivity index (χ2n) is 8.13. The van der Waals surface area contributed by atoms with Crippen LogP contribution in [0.25, 0.3) is 0 Å². The molecule has 0 aromatic heterocycles. The number of nitrogens with one attached hydrogen (secondary N) is 2. The van der Waals surface area contributed by atoms with Crippen molar-refractivity contribution in [3.8, 4) is 5.75 Å². The number of hydrogen-bond acceptors (Lipinski definition) is 10. The molecule has 2 heterocycles. The summed E-state index contributed by atoms with van der Waals surface area (Å²) in [4.78, 5) is 42.4. The molecule has 3 unspecified atom stereocenters. The smallest absolute Gasteiger partial charge is 0.325 e. The maximum Gasteiger partial charge on any atom is 0.325 e. The third kappa shape index (κ3) is 5.90. The van der Waals surface area contributed by atoms with Crippen LogP contribution in [0.5, 0.6) is 5.75 Å². The van der Waals surface area contributed by atoms with E-state index in [-0.39, 0.29) is 29.8 Å². The van der Waals surface area contributed by atoms with Crippen LogP contribution in [0.3, 0.4) is 0 Å². The number of carbonyl (C=O) groups excluding carboxylic acids is 2. The summed E-state index contributed by atoms with van der Waals surface area (Å²) in [6, 6.07) is 8.93. The number of amides is 3. The van der Waals surface area contributed by atoms with Gasteiger partial charge in [0.1, 0.15) is 18.5 Å². The number of ether oxygens (including phenoxy) is 1. The minimum Gasteiger partial charge on any atom is -0.489 e. The monoisotopic (exact) mass is 549 g/mol. The van der Waals surface area contributed by atoms with Gasteiger partial charge >= 0.3 is 6.03 Å². The second kappa shape index (κ2) is 11.0. The number of guanidine groups is 1. The third-order valence-corrected chi connectivity index (χ3v) is 6.08. The maximum absolute atomic E-state index is 12.7. The molecule has 2 aromatic rings. The van der Waals surface area contributed by atoms with Crippen molar-refractivity contribution in [3.05, 3.63) is 68.2 Å². The van der Waals surface area contributed by atoms with Crippen molar-refractivity contribution in [1.82, 2.24) is 20.5 Å². The maximum atomic E-state index is 12.7. The average molecular weight is 550 g/mol. The zero-order valence-electron chi connectivity index (χ0n) is 19.2. The van der Waals surface area contributed by atoms with E-state index in [2.05, 4.69) is 20.8 Å². The predicted molar refractivity (Wildman–Crippen MR) is 135 cm³/mol. The number of rotatable bonds is 8. The first-order valence-corrected chi connectivity index (χ1v) is 11.6. The van der Waals surface area contributed by atoms with Gasteiger partial charge in [-0.15, -0.1) is 0 Å². The summed E-state index contributed by atoms with van der Waals surface area (Å²) in [5.41, 5.74) is 3.05. The predicted octanol–water partition coefficient (Wildman–Crippen LogP) is 1.81. The third-order valence-electron chi connectivity index (χ3n) is 5.55. The molecule has 194 valence electrons. The van der Waals surface area contributed by atoms with Crippen molar-refractivity contribution in [1.29, 1.82) is 0 Å². The van der Waals surface area contributed by atoms with Crippen LogP contribution in [0.1, 0.15) is 5.56 Å². The minimum atomic E-state index is -1.10. The number of nitro groups is 1. The Bertz CT molecular complexity index is 1290. The minimum absolute atomic E-state index is 0.101. The number of fused-ring (bicyclic) bond motifs is 1. The van der Waals surface area contributed by atoms with Crippen LogP contribution in [-0.2, 0) is 4.79 Å². The standard InChI is InChI=1S/C22H21Cl2N7O6/c1-29-19-18(20(33)27-22(29)34)30(10-15(32)11-37-17-6-5-13(23)8-16(17)24)21(26-19)28-25-9-12-3-2-4-14(7-12)31(35)36/h2-9,15,18-19,32H,10-11H2,1H3,(H,26,28)(H,27,33,34)/b25-9-. The topological polar surface area (TPSA) is 162 Å². The zero-order chi connectivity index (χ0) is 26.7. The Morgan fingerprint density at radius 2 is 2.11 bits per heavy atom. The number of aliphatic hydroxyl groups excluding tert-OH is 1. The van der Waals surface area contributed by atoms with E-state index in [1.54, 1.807) is 18.2 Å². The molecule has 37 heavy (non-hydrogen) atoms. The van der Waals surface area contributed by atoms with E-state index in [0.29, 0.717) is 16.3 Å². The van der Waals surface area contributed by atoms with Crippen LogP contribution in [0.15, 0.2) is 52.6 Å². The summed E-state index contributed by atoms with van der Waals surface area (Å²) < 4.78 is 5.59. The van der Waals surface area contributed by atoms with E-state index >= 15 is 0 Å². The fourth-order valence-electron chi connectivity index (χ4n) is 3.76. The van der Waals surface area contributed by atoms with Gasteiger partial charge in [0, 0.05) is 29.8 Å². The van der Waals surface area contributed by atoms with Crippen molar-refractivity contribution >= 4 is 53.0 Å². The number of hydrogen-bond donors (Lipinski definition) is 3. The lowest BCUT2D eigenvalue weighted by atomic mass is 10.1. The van der Waals surface area contributed by atoms with Gasteiger partial charge in [0.15, 0.2) is 12.2 Å². The Kier molecular flexibility index (Phi) is 7.76. The fraction of sp³-hybridized carbons (Fsp3) is 0.273. The molecular weight excluding hydrogens is 529 g/mol. The molecule has 0 radical (unpaired) electrons. The quantitative estimate of drug-likeness (QED) is 0.255. The van der Waals surface area contributed by atoms with Gasteiger partial charge in [-0.25, -0.2) is 15.2 Å². The number of nitrogens with zero attached hydrogens (tertiary/aromatic N) is 5. The van der Waals surface area contributed by atoms with Crippen LogP contribution < -0.4 is 15.5 Å². The van der Waals surface area contributed by atoms with Gasteiger partial charge in [-0.1, -0.05) is 35.3 Å². The number of carbonyl (C=O) groups is 2. The first-order chi connectivity index (χ1) is 17.6. The Labute approximate surface area is 220 Å². The van der Waals surface area contributed by atoms with E-state index in [1.807, 2.05) is 0 Å². The molecule has 0 aliphatic carbocycles. The number of halogens is 2. The number of hydrazone groups is 1. The fourth-order valence-corrected chi connectivity index (χ4v) is 4.22. The molecule has 1 fully saturated rings. The SMILES string of the molecule is CN1C(=O)NC(=O)C2C1N=C(N/N=C\c1cccc([N+](=O)[O-])c1)N2CC(O)COc1ccc(Cl)cc1Cl. The Hall–Kier alpha value is -3.94. The zero-order valence-corrected chi connectivity index (χ0v) is 20.8. The summed E-state index contributed by atoms with van der Waals surface area (Å²) in [7, 11) is 1.48. The molecule has 0 spiro atoms. The van der Waals surface area contributed by atoms with Gasteiger partial charge in [-0.05, 0) is 18.2 Å². The molecule has 2 aliphatic heterocycles. The van der Waals surface area contributed by atoms with Gasteiger partial charge in [0.25, 0.3) is 11.6 Å². The first-order valence-electron chi connectivity index (χ1n) is 10.9. The van der Waals surface area contributed by atoms with Crippen LogP contribution in [-0.4, -0.2) is 82.5 Å². The molecule has 0 saturated carbocycles. The largest absolute Gasteiger partial charge is 0.489 e. The van der Waals surface area contributed by atoms with Gasteiger partial charge in [-0.2, -0.15) is 5.10 Å². The van der Waals surface area contributed by atoms with Crippen molar-refractivity contribution in [3.63, 3.8) is 0 Å². The van der Waals surface area contributed by atoms with E-state index in [9.17, 15) is 24.8 Å². The van der Waals surface area contributed by atoms with Crippen LogP contribution >= 0.6 is 23.2 Å². The van der Waals surface area contributed by atoms with Crippen molar-refractivity contribution in [2.45, 2.75) is 18.3 Å². The summed E-state index contributed by atoms with van der Waals surface area (Å²) in [5.74, 6) is -0.166. The Balaban J connectivity index is 1.49. The average Bonchev–Trinajstić information content (AvgIpc) is 3.21.